The molecule has 2 aromatic rings. The summed E-state index contributed by atoms with van der Waals surface area (Å²) in [6.45, 7) is 1.38. The molecule has 0 saturated heterocycles. The van der Waals surface area contributed by atoms with Gasteiger partial charge in [0.05, 0.1) is 32.1 Å². The molecule has 0 spiro atoms. The second-order valence-corrected chi connectivity index (χ2v) is 7.22. The minimum absolute atomic E-state index is 0.359. The maximum Gasteiger partial charge on any atom is 0.214 e. The largest absolute Gasteiger partial charge is 0.496 e. The Balaban J connectivity index is 1.69. The van der Waals surface area contributed by atoms with E-state index in [1.807, 2.05) is 12.1 Å². The van der Waals surface area contributed by atoms with E-state index in [2.05, 4.69) is 17.1 Å². The number of benzene rings is 1. The number of nitrogens with zero attached hydrogens (tertiary/aromatic N) is 1. The molecule has 2 atom stereocenters. The molecule has 1 aliphatic rings. The highest BCUT2D eigenvalue weighted by atomic mass is 16.5. The van der Waals surface area contributed by atoms with Crippen molar-refractivity contribution < 1.29 is 23.7 Å². The molecule has 0 N–H and O–H groups in total. The number of rotatable bonds is 10. The number of aromatic nitrogens is 1. The van der Waals surface area contributed by atoms with Gasteiger partial charge in [0.2, 0.25) is 5.88 Å². The molecule has 6 nitrogen and oxygen atoms in total. The van der Waals surface area contributed by atoms with Crippen LogP contribution in [0.5, 0.6) is 17.4 Å². The number of ether oxygens (including phenoxy) is 4. The lowest BCUT2D eigenvalue weighted by atomic mass is 9.75. The number of para-hydroxylation sites is 1. The zero-order valence-electron chi connectivity index (χ0n) is 17.1. The van der Waals surface area contributed by atoms with Gasteiger partial charge in [0, 0.05) is 13.2 Å². The molecule has 1 aromatic carbocycles. The first-order valence-electron chi connectivity index (χ1n) is 10.1. The predicted molar refractivity (Wildman–Crippen MR) is 110 cm³/mol. The Labute approximate surface area is 172 Å². The van der Waals surface area contributed by atoms with Crippen LogP contribution in [0.2, 0.25) is 0 Å². The molecule has 0 amide bonds. The summed E-state index contributed by atoms with van der Waals surface area (Å²) in [5, 5.41) is 0. The Morgan fingerprint density at radius 2 is 1.90 bits per heavy atom. The molecule has 1 heterocycles. The first-order chi connectivity index (χ1) is 14.3. The van der Waals surface area contributed by atoms with Gasteiger partial charge in [-0.05, 0) is 36.3 Å². The predicted octanol–water partition coefficient (Wildman–Crippen LogP) is 4.28. The van der Waals surface area contributed by atoms with Crippen LogP contribution in [0.3, 0.4) is 0 Å². The van der Waals surface area contributed by atoms with Crippen LogP contribution in [0.15, 0.2) is 36.5 Å². The Bertz CT molecular complexity index is 795. The normalized spacial score (nSPS) is 18.8. The van der Waals surface area contributed by atoms with Crippen molar-refractivity contribution in [3.8, 4) is 17.4 Å². The SMILES string of the molecule is COCCOc1cc(C=O)c(OCC2CCCCC2c2ccccc2OC)cn1. The van der Waals surface area contributed by atoms with E-state index >= 15 is 0 Å². The van der Waals surface area contributed by atoms with Gasteiger partial charge in [-0.25, -0.2) is 4.98 Å². The fraction of sp³-hybridized carbons (Fsp3) is 0.478. The Morgan fingerprint density at radius 3 is 2.69 bits per heavy atom. The number of hydrogen-bond donors (Lipinski definition) is 0. The fourth-order valence-corrected chi connectivity index (χ4v) is 3.95. The number of carbonyl (C=O) groups is 1. The molecule has 1 aliphatic carbocycles. The van der Waals surface area contributed by atoms with E-state index in [0.29, 0.717) is 48.8 Å². The molecule has 0 radical (unpaired) electrons. The van der Waals surface area contributed by atoms with Crippen molar-refractivity contribution in [2.24, 2.45) is 5.92 Å². The number of aldehydes is 1. The van der Waals surface area contributed by atoms with Gasteiger partial charge in [-0.3, -0.25) is 4.79 Å². The minimum Gasteiger partial charge on any atom is -0.496 e. The zero-order valence-corrected chi connectivity index (χ0v) is 17.1. The van der Waals surface area contributed by atoms with E-state index in [0.717, 1.165) is 24.9 Å². The summed E-state index contributed by atoms with van der Waals surface area (Å²) in [6, 6.07) is 9.82. The average molecular weight is 399 g/mol. The molecule has 156 valence electrons. The van der Waals surface area contributed by atoms with Gasteiger partial charge in [0.1, 0.15) is 18.1 Å². The van der Waals surface area contributed by atoms with E-state index in [9.17, 15) is 4.79 Å². The second-order valence-electron chi connectivity index (χ2n) is 7.22. The summed E-state index contributed by atoms with van der Waals surface area (Å²) in [7, 11) is 3.32. The van der Waals surface area contributed by atoms with Crippen molar-refractivity contribution in [2.45, 2.75) is 31.6 Å². The Kier molecular flexibility index (Phi) is 7.87. The summed E-state index contributed by atoms with van der Waals surface area (Å²) in [4.78, 5) is 15.8. The highest BCUT2D eigenvalue weighted by Crippen LogP contribution is 2.41. The summed E-state index contributed by atoms with van der Waals surface area (Å²) in [5.74, 6) is 2.54. The molecule has 1 saturated carbocycles. The van der Waals surface area contributed by atoms with Gasteiger partial charge in [-0.2, -0.15) is 0 Å². The van der Waals surface area contributed by atoms with Crippen LogP contribution in [0.25, 0.3) is 0 Å². The smallest absolute Gasteiger partial charge is 0.214 e. The monoisotopic (exact) mass is 399 g/mol. The Morgan fingerprint density at radius 1 is 1.07 bits per heavy atom. The zero-order chi connectivity index (χ0) is 20.5. The lowest BCUT2D eigenvalue weighted by Crippen LogP contribution is -2.24. The van der Waals surface area contributed by atoms with Gasteiger partial charge < -0.3 is 18.9 Å². The summed E-state index contributed by atoms with van der Waals surface area (Å²) >= 11 is 0. The van der Waals surface area contributed by atoms with Gasteiger partial charge in [0.25, 0.3) is 0 Å². The van der Waals surface area contributed by atoms with E-state index in [1.54, 1.807) is 26.5 Å². The topological polar surface area (TPSA) is 66.9 Å². The molecule has 1 aromatic heterocycles. The summed E-state index contributed by atoms with van der Waals surface area (Å²) < 4.78 is 22.1. The van der Waals surface area contributed by atoms with E-state index in [4.69, 9.17) is 18.9 Å². The standard InChI is InChI=1S/C23H29NO5/c1-26-11-12-28-23-13-18(15-25)22(14-24-23)29-16-17-7-3-4-8-19(17)20-9-5-6-10-21(20)27-2/h5-6,9-10,13-15,17,19H,3-4,7-8,11-12,16H2,1-2H3. The van der Waals surface area contributed by atoms with Gasteiger partial charge in [0.15, 0.2) is 6.29 Å². The third kappa shape index (κ3) is 5.48. The van der Waals surface area contributed by atoms with Crippen LogP contribution >= 0.6 is 0 Å². The third-order valence-corrected chi connectivity index (χ3v) is 5.44. The van der Waals surface area contributed by atoms with Crippen molar-refractivity contribution in [1.82, 2.24) is 4.98 Å². The third-order valence-electron chi connectivity index (χ3n) is 5.44. The van der Waals surface area contributed by atoms with Crippen molar-refractivity contribution in [3.63, 3.8) is 0 Å². The number of hydrogen-bond acceptors (Lipinski definition) is 6. The van der Waals surface area contributed by atoms with Crippen LogP contribution in [-0.2, 0) is 4.74 Å². The number of carbonyl (C=O) groups excluding carboxylic acids is 1. The molecule has 6 heteroatoms. The van der Waals surface area contributed by atoms with Gasteiger partial charge in [-0.15, -0.1) is 0 Å². The number of methoxy groups -OCH3 is 2. The van der Waals surface area contributed by atoms with Crippen molar-refractivity contribution in [2.75, 3.05) is 34.0 Å². The molecule has 0 bridgehead atoms. The van der Waals surface area contributed by atoms with Crippen LogP contribution < -0.4 is 14.2 Å². The summed E-state index contributed by atoms with van der Waals surface area (Å²) in [6.07, 6.45) is 6.93. The van der Waals surface area contributed by atoms with E-state index in [-0.39, 0.29) is 0 Å². The van der Waals surface area contributed by atoms with E-state index < -0.39 is 0 Å². The summed E-state index contributed by atoms with van der Waals surface area (Å²) in [5.41, 5.74) is 1.68. The molecule has 3 rings (SSSR count). The van der Waals surface area contributed by atoms with Gasteiger partial charge >= 0.3 is 0 Å². The molecule has 0 aliphatic heterocycles. The van der Waals surface area contributed by atoms with Crippen molar-refractivity contribution >= 4 is 6.29 Å². The van der Waals surface area contributed by atoms with Crippen molar-refractivity contribution in [1.29, 1.82) is 0 Å². The molecular weight excluding hydrogens is 370 g/mol. The number of pyridine rings is 1. The Hall–Kier alpha value is -2.60. The maximum atomic E-state index is 11.5. The first-order valence-corrected chi connectivity index (χ1v) is 10.1. The molecular formula is C23H29NO5. The van der Waals surface area contributed by atoms with Gasteiger partial charge in [-0.1, -0.05) is 31.0 Å². The first kappa shape index (κ1) is 21.1. The molecule has 29 heavy (non-hydrogen) atoms. The minimum atomic E-state index is 0.359. The van der Waals surface area contributed by atoms with Crippen LogP contribution in [0, 0.1) is 5.92 Å². The maximum absolute atomic E-state index is 11.5. The van der Waals surface area contributed by atoms with Crippen LogP contribution in [0.1, 0.15) is 47.5 Å². The quantitative estimate of drug-likeness (QED) is 0.439. The fourth-order valence-electron chi connectivity index (χ4n) is 3.95. The second kappa shape index (κ2) is 10.8. The highest BCUT2D eigenvalue weighted by molar-refractivity contribution is 5.79. The molecule has 1 fully saturated rings. The lowest BCUT2D eigenvalue weighted by Gasteiger charge is -2.32. The average Bonchev–Trinajstić information content (AvgIpc) is 2.78. The van der Waals surface area contributed by atoms with Crippen LogP contribution in [-0.4, -0.2) is 45.3 Å². The van der Waals surface area contributed by atoms with Crippen LogP contribution in [0.4, 0.5) is 0 Å². The highest BCUT2D eigenvalue weighted by Gasteiger charge is 2.29. The molecule has 2 unspecified atom stereocenters. The van der Waals surface area contributed by atoms with E-state index in [1.165, 1.54) is 18.4 Å². The lowest BCUT2D eigenvalue weighted by molar-refractivity contribution is 0.111. The van der Waals surface area contributed by atoms with Crippen molar-refractivity contribution in [3.05, 3.63) is 47.7 Å².